The minimum atomic E-state index is -0.667. The van der Waals surface area contributed by atoms with Crippen LogP contribution < -0.4 is 5.73 Å². The van der Waals surface area contributed by atoms with Gasteiger partial charge < -0.3 is 5.73 Å². The lowest BCUT2D eigenvalue weighted by molar-refractivity contribution is -0.385. The second-order valence-electron chi connectivity index (χ2n) is 2.70. The summed E-state index contributed by atoms with van der Waals surface area (Å²) in [5.74, 6) is -0.667. The number of rotatable bonds is 3. The monoisotopic (exact) mass is 226 g/mol. The Labute approximate surface area is 90.3 Å². The number of nitro groups is 1. The average Bonchev–Trinajstić information content (AvgIpc) is 2.15. The molecule has 0 aromatic heterocycles. The summed E-state index contributed by atoms with van der Waals surface area (Å²) in [6, 6.07) is 4.15. The Morgan fingerprint density at radius 1 is 1.53 bits per heavy atom. The van der Waals surface area contributed by atoms with Gasteiger partial charge in [0, 0.05) is 17.2 Å². The van der Waals surface area contributed by atoms with Gasteiger partial charge >= 0.3 is 0 Å². The largest absolute Gasteiger partial charge is 0.366 e. The van der Waals surface area contributed by atoms with Gasteiger partial charge in [-0.3, -0.25) is 14.9 Å². The molecule has 0 aliphatic rings. The summed E-state index contributed by atoms with van der Waals surface area (Å²) in [6.45, 7) is 0. The van der Waals surface area contributed by atoms with Crippen molar-refractivity contribution in [1.29, 1.82) is 0 Å². The number of hydrogen-bond acceptors (Lipinski definition) is 3. The van der Waals surface area contributed by atoms with Crippen molar-refractivity contribution in [3.05, 3.63) is 45.0 Å². The molecule has 78 valence electrons. The van der Waals surface area contributed by atoms with Crippen LogP contribution in [-0.2, 0) is 4.79 Å². The average molecular weight is 227 g/mol. The molecule has 0 radical (unpaired) electrons. The van der Waals surface area contributed by atoms with Crippen molar-refractivity contribution in [2.75, 3.05) is 0 Å². The molecule has 0 unspecified atom stereocenters. The number of amides is 1. The highest BCUT2D eigenvalue weighted by Crippen LogP contribution is 2.24. The van der Waals surface area contributed by atoms with E-state index in [0.29, 0.717) is 0 Å². The molecular weight excluding hydrogens is 220 g/mol. The molecule has 6 heteroatoms. The normalized spacial score (nSPS) is 10.5. The van der Waals surface area contributed by atoms with Crippen LogP contribution in [0, 0.1) is 10.1 Å². The van der Waals surface area contributed by atoms with Crippen LogP contribution in [0.4, 0.5) is 5.69 Å². The summed E-state index contributed by atoms with van der Waals surface area (Å²) in [4.78, 5) is 20.5. The zero-order valence-corrected chi connectivity index (χ0v) is 8.27. The first kappa shape index (κ1) is 11.2. The molecule has 1 rings (SSSR count). The lowest BCUT2D eigenvalue weighted by Gasteiger charge is -1.97. The van der Waals surface area contributed by atoms with Crippen molar-refractivity contribution in [2.24, 2.45) is 5.73 Å². The number of benzene rings is 1. The van der Waals surface area contributed by atoms with Gasteiger partial charge in [0.1, 0.15) is 0 Å². The van der Waals surface area contributed by atoms with Crippen LogP contribution in [0.3, 0.4) is 0 Å². The topological polar surface area (TPSA) is 86.2 Å². The summed E-state index contributed by atoms with van der Waals surface area (Å²) in [6.07, 6.45) is 2.33. The number of nitro benzene ring substituents is 1. The summed E-state index contributed by atoms with van der Waals surface area (Å²) in [7, 11) is 0. The Kier molecular flexibility index (Phi) is 3.41. The third-order valence-corrected chi connectivity index (χ3v) is 1.85. The van der Waals surface area contributed by atoms with Crippen molar-refractivity contribution in [3.8, 4) is 0 Å². The van der Waals surface area contributed by atoms with Gasteiger partial charge in [0.15, 0.2) is 0 Å². The van der Waals surface area contributed by atoms with Gasteiger partial charge in [0.2, 0.25) is 5.91 Å². The van der Waals surface area contributed by atoms with Gasteiger partial charge in [-0.2, -0.15) is 0 Å². The van der Waals surface area contributed by atoms with Crippen LogP contribution in [0.5, 0.6) is 0 Å². The third kappa shape index (κ3) is 3.07. The molecule has 0 aliphatic heterocycles. The van der Waals surface area contributed by atoms with Crippen LogP contribution in [0.25, 0.3) is 6.08 Å². The van der Waals surface area contributed by atoms with Crippen molar-refractivity contribution in [2.45, 2.75) is 0 Å². The highest BCUT2D eigenvalue weighted by molar-refractivity contribution is 6.30. The van der Waals surface area contributed by atoms with E-state index in [0.717, 1.165) is 6.08 Å². The highest BCUT2D eigenvalue weighted by atomic mass is 35.5. The maximum absolute atomic E-state index is 10.6. The molecule has 2 N–H and O–H groups in total. The number of nitrogens with zero attached hydrogens (tertiary/aromatic N) is 1. The van der Waals surface area contributed by atoms with Crippen molar-refractivity contribution in [3.63, 3.8) is 0 Å². The Morgan fingerprint density at radius 2 is 2.20 bits per heavy atom. The van der Waals surface area contributed by atoms with Crippen LogP contribution in [0.2, 0.25) is 5.02 Å². The number of primary amides is 1. The third-order valence-electron chi connectivity index (χ3n) is 1.62. The lowest BCUT2D eigenvalue weighted by Crippen LogP contribution is -2.05. The van der Waals surface area contributed by atoms with Crippen molar-refractivity contribution in [1.82, 2.24) is 0 Å². The summed E-state index contributed by atoms with van der Waals surface area (Å²) in [5, 5.41) is 10.9. The van der Waals surface area contributed by atoms with Gasteiger partial charge in [-0.15, -0.1) is 0 Å². The fraction of sp³-hybridized carbons (Fsp3) is 0. The van der Waals surface area contributed by atoms with E-state index in [1.807, 2.05) is 0 Å². The second-order valence-corrected chi connectivity index (χ2v) is 3.13. The highest BCUT2D eigenvalue weighted by Gasteiger charge is 2.11. The number of nitrogens with two attached hydrogens (primary N) is 1. The zero-order chi connectivity index (χ0) is 11.4. The first-order chi connectivity index (χ1) is 7.00. The van der Waals surface area contributed by atoms with Crippen LogP contribution in [-0.4, -0.2) is 10.8 Å². The quantitative estimate of drug-likeness (QED) is 0.484. The molecule has 1 aromatic rings. The van der Waals surface area contributed by atoms with Gasteiger partial charge in [-0.05, 0) is 18.2 Å². The summed E-state index contributed by atoms with van der Waals surface area (Å²) >= 11 is 5.60. The van der Waals surface area contributed by atoms with Gasteiger partial charge in [0.05, 0.1) is 10.5 Å². The van der Waals surface area contributed by atoms with E-state index in [1.54, 1.807) is 0 Å². The number of carbonyl (C=O) groups excluding carboxylic acids is 1. The molecule has 0 bridgehead atoms. The maximum atomic E-state index is 10.6. The fourth-order valence-electron chi connectivity index (χ4n) is 0.988. The Hall–Kier alpha value is -1.88. The molecule has 1 aromatic carbocycles. The Bertz CT molecular complexity index is 443. The molecule has 5 nitrogen and oxygen atoms in total. The van der Waals surface area contributed by atoms with E-state index in [4.69, 9.17) is 17.3 Å². The zero-order valence-electron chi connectivity index (χ0n) is 7.51. The van der Waals surface area contributed by atoms with Crippen LogP contribution in [0.1, 0.15) is 5.56 Å². The molecule has 0 aliphatic carbocycles. The van der Waals surface area contributed by atoms with E-state index in [1.165, 1.54) is 24.3 Å². The summed E-state index contributed by atoms with van der Waals surface area (Å²) < 4.78 is 0. The van der Waals surface area contributed by atoms with E-state index in [-0.39, 0.29) is 16.3 Å². The molecule has 0 saturated heterocycles. The Balaban J connectivity index is 3.17. The predicted molar refractivity (Wildman–Crippen MR) is 56.3 cm³/mol. The smallest absolute Gasteiger partial charge is 0.278 e. The fourth-order valence-corrected chi connectivity index (χ4v) is 1.15. The van der Waals surface area contributed by atoms with Crippen molar-refractivity contribution >= 4 is 29.3 Å². The first-order valence-corrected chi connectivity index (χ1v) is 4.30. The minimum Gasteiger partial charge on any atom is -0.366 e. The molecule has 0 saturated carbocycles. The number of carbonyl (C=O) groups is 1. The Morgan fingerprint density at radius 3 is 2.73 bits per heavy atom. The molecule has 0 fully saturated rings. The molecule has 1 amide bonds. The van der Waals surface area contributed by atoms with Crippen LogP contribution >= 0.6 is 11.6 Å². The standard InChI is InChI=1S/C9H7ClN2O3/c10-7-3-1-6(2-4-9(11)13)8(5-7)12(14)15/h1-5H,(H2,11,13). The predicted octanol–water partition coefficient (Wildman–Crippen LogP) is 1.75. The molecular formula is C9H7ClN2O3. The first-order valence-electron chi connectivity index (χ1n) is 3.92. The lowest BCUT2D eigenvalue weighted by atomic mass is 10.1. The number of hydrogen-bond donors (Lipinski definition) is 1. The molecule has 0 atom stereocenters. The van der Waals surface area contributed by atoms with Gasteiger partial charge in [0.25, 0.3) is 5.69 Å². The van der Waals surface area contributed by atoms with Gasteiger partial charge in [-0.25, -0.2) is 0 Å². The molecule has 15 heavy (non-hydrogen) atoms. The molecule has 0 spiro atoms. The SMILES string of the molecule is NC(=O)C=Cc1ccc(Cl)cc1[N+](=O)[O-]. The molecule has 0 heterocycles. The van der Waals surface area contributed by atoms with E-state index in [9.17, 15) is 14.9 Å². The van der Waals surface area contributed by atoms with Gasteiger partial charge in [-0.1, -0.05) is 11.6 Å². The second kappa shape index (κ2) is 4.56. The van der Waals surface area contributed by atoms with Crippen molar-refractivity contribution < 1.29 is 9.72 Å². The summed E-state index contributed by atoms with van der Waals surface area (Å²) in [5.41, 5.74) is 4.99. The minimum absolute atomic E-state index is 0.167. The maximum Gasteiger partial charge on any atom is 0.278 e. The van der Waals surface area contributed by atoms with Crippen LogP contribution in [0.15, 0.2) is 24.3 Å². The van der Waals surface area contributed by atoms with E-state index >= 15 is 0 Å². The number of halogens is 1. The van der Waals surface area contributed by atoms with E-state index < -0.39 is 10.8 Å². The van der Waals surface area contributed by atoms with E-state index in [2.05, 4.69) is 0 Å².